The van der Waals surface area contributed by atoms with Crippen LogP contribution in [0.25, 0.3) is 10.6 Å². The van der Waals surface area contributed by atoms with Crippen molar-refractivity contribution in [2.24, 2.45) is 0 Å². The molecule has 0 saturated heterocycles. The summed E-state index contributed by atoms with van der Waals surface area (Å²) in [6.07, 6.45) is -3.38. The van der Waals surface area contributed by atoms with Gasteiger partial charge in [-0.25, -0.2) is 18.4 Å². The van der Waals surface area contributed by atoms with Gasteiger partial charge in [0.2, 0.25) is 5.95 Å². The molecule has 3 aromatic rings. The van der Waals surface area contributed by atoms with Gasteiger partial charge in [-0.15, -0.1) is 11.3 Å². The zero-order chi connectivity index (χ0) is 27.4. The van der Waals surface area contributed by atoms with Gasteiger partial charge in [-0.05, 0) is 42.3 Å². The SMILES string of the molecule is CCN1CCc2cc(Nc3ncc(C(F)(F)F)c(-c4cc5c(s4)C(=O)N(C)CCS5(=O)=O)n3)c(Cl)cc2C1. The molecule has 0 bridgehead atoms. The number of carbonyl (C=O) groups excluding carboxylic acids is 1. The van der Waals surface area contributed by atoms with Gasteiger partial charge in [0.25, 0.3) is 5.91 Å². The second-order valence-electron chi connectivity index (χ2n) is 9.15. The number of amides is 1. The topological polar surface area (TPSA) is 95.5 Å². The molecule has 38 heavy (non-hydrogen) atoms. The molecule has 0 spiro atoms. The number of thiophene rings is 1. The first-order valence-electron chi connectivity index (χ1n) is 11.7. The van der Waals surface area contributed by atoms with E-state index in [0.717, 1.165) is 43.2 Å². The van der Waals surface area contributed by atoms with Gasteiger partial charge in [0.1, 0.15) is 10.4 Å². The van der Waals surface area contributed by atoms with Crippen molar-refractivity contribution >= 4 is 50.3 Å². The lowest BCUT2D eigenvalue weighted by Gasteiger charge is -2.28. The van der Waals surface area contributed by atoms with Crippen molar-refractivity contribution in [3.05, 3.63) is 51.0 Å². The molecule has 0 unspecified atom stereocenters. The lowest BCUT2D eigenvalue weighted by molar-refractivity contribution is -0.137. The largest absolute Gasteiger partial charge is 0.420 e. The van der Waals surface area contributed by atoms with Crippen LogP contribution in [-0.2, 0) is 29.0 Å². The molecule has 0 atom stereocenters. The third-order valence-corrected chi connectivity index (χ3v) is 9.96. The highest BCUT2D eigenvalue weighted by atomic mass is 35.5. The van der Waals surface area contributed by atoms with E-state index < -0.39 is 33.2 Å². The van der Waals surface area contributed by atoms with Gasteiger partial charge in [-0.1, -0.05) is 18.5 Å². The fraction of sp³-hybridized carbons (Fsp3) is 0.375. The fourth-order valence-electron chi connectivity index (χ4n) is 4.47. The number of hydrogen-bond acceptors (Lipinski definition) is 8. The molecular weight excluding hydrogens is 563 g/mol. The molecule has 0 saturated carbocycles. The third kappa shape index (κ3) is 4.99. The number of sulfone groups is 1. The van der Waals surface area contributed by atoms with Crippen LogP contribution in [0.2, 0.25) is 5.02 Å². The molecule has 2 aliphatic heterocycles. The Morgan fingerprint density at radius 1 is 1.18 bits per heavy atom. The normalized spacial score (nSPS) is 17.6. The van der Waals surface area contributed by atoms with Crippen LogP contribution >= 0.6 is 22.9 Å². The molecule has 2 aliphatic rings. The van der Waals surface area contributed by atoms with E-state index in [1.54, 1.807) is 0 Å². The van der Waals surface area contributed by atoms with Gasteiger partial charge in [-0.2, -0.15) is 13.2 Å². The first kappa shape index (κ1) is 26.9. The Balaban J connectivity index is 1.57. The van der Waals surface area contributed by atoms with Gasteiger partial charge in [0, 0.05) is 32.9 Å². The number of rotatable bonds is 4. The summed E-state index contributed by atoms with van der Waals surface area (Å²) >= 11 is 7.15. The monoisotopic (exact) mass is 585 g/mol. The standard InChI is InChI=1S/C24H23ClF3N5O3S2/c1-3-33-5-4-13-9-17(16(25)8-14(13)12-33)30-23-29-11-15(24(26,27)28)20(31-23)18-10-19-21(37-18)22(34)32(2)6-7-38(19,35)36/h8-11H,3-7,12H2,1-2H3,(H,29,30,31). The molecule has 14 heteroatoms. The maximum atomic E-state index is 13.9. The highest BCUT2D eigenvalue weighted by Gasteiger charge is 2.38. The average molecular weight is 586 g/mol. The predicted molar refractivity (Wildman–Crippen MR) is 139 cm³/mol. The highest BCUT2D eigenvalue weighted by molar-refractivity contribution is 7.91. The van der Waals surface area contributed by atoms with Crippen LogP contribution in [0.3, 0.4) is 0 Å². The Bertz CT molecular complexity index is 1540. The first-order chi connectivity index (χ1) is 17.9. The quantitative estimate of drug-likeness (QED) is 0.467. The van der Waals surface area contributed by atoms with Gasteiger partial charge in [-0.3, -0.25) is 9.69 Å². The molecule has 1 N–H and O–H groups in total. The number of nitrogens with zero attached hydrogens (tertiary/aromatic N) is 4. The molecule has 5 rings (SSSR count). The summed E-state index contributed by atoms with van der Waals surface area (Å²) < 4.78 is 67.3. The Kier molecular flexibility index (Phi) is 6.91. The van der Waals surface area contributed by atoms with Crippen LogP contribution in [0.4, 0.5) is 24.8 Å². The molecule has 4 heterocycles. The van der Waals surface area contributed by atoms with E-state index in [-0.39, 0.29) is 32.9 Å². The summed E-state index contributed by atoms with van der Waals surface area (Å²) in [5, 5.41) is 3.29. The molecule has 1 aromatic carbocycles. The summed E-state index contributed by atoms with van der Waals surface area (Å²) in [5.41, 5.74) is 0.935. The minimum absolute atomic E-state index is 0.00864. The van der Waals surface area contributed by atoms with Crippen LogP contribution < -0.4 is 5.32 Å². The van der Waals surface area contributed by atoms with Crippen LogP contribution in [0.5, 0.6) is 0 Å². The fourth-order valence-corrected chi connectivity index (χ4v) is 7.74. The first-order valence-corrected chi connectivity index (χ1v) is 14.6. The van der Waals surface area contributed by atoms with Crippen LogP contribution in [0.15, 0.2) is 29.3 Å². The van der Waals surface area contributed by atoms with Crippen molar-refractivity contribution in [1.82, 2.24) is 19.8 Å². The lowest BCUT2D eigenvalue weighted by atomic mass is 9.99. The summed E-state index contributed by atoms with van der Waals surface area (Å²) in [5.74, 6) is -1.04. The Labute approximate surface area is 226 Å². The van der Waals surface area contributed by atoms with E-state index >= 15 is 0 Å². The summed E-state index contributed by atoms with van der Waals surface area (Å²) in [4.78, 5) is 23.7. The second-order valence-corrected chi connectivity index (χ2v) is 12.7. The van der Waals surface area contributed by atoms with Gasteiger partial charge in [0.05, 0.1) is 31.9 Å². The maximum Gasteiger partial charge on any atom is 0.420 e. The predicted octanol–water partition coefficient (Wildman–Crippen LogP) is 4.86. The van der Waals surface area contributed by atoms with Crippen LogP contribution in [0, 0.1) is 0 Å². The number of hydrogen-bond donors (Lipinski definition) is 1. The summed E-state index contributed by atoms with van der Waals surface area (Å²) in [6.45, 7) is 4.62. The molecular formula is C24H23ClF3N5O3S2. The molecule has 8 nitrogen and oxygen atoms in total. The molecule has 2 aromatic heterocycles. The number of aromatic nitrogens is 2. The Morgan fingerprint density at radius 3 is 2.66 bits per heavy atom. The van der Waals surface area contributed by atoms with E-state index in [4.69, 9.17) is 11.6 Å². The van der Waals surface area contributed by atoms with Crippen molar-refractivity contribution in [1.29, 1.82) is 0 Å². The lowest BCUT2D eigenvalue weighted by Crippen LogP contribution is -2.30. The molecule has 1 amide bonds. The van der Waals surface area contributed by atoms with Crippen molar-refractivity contribution in [3.63, 3.8) is 0 Å². The Morgan fingerprint density at radius 2 is 1.95 bits per heavy atom. The number of benzene rings is 1. The van der Waals surface area contributed by atoms with Crippen molar-refractivity contribution in [3.8, 4) is 10.6 Å². The molecule has 0 aliphatic carbocycles. The number of alkyl halides is 3. The van der Waals surface area contributed by atoms with Gasteiger partial charge in [0.15, 0.2) is 9.84 Å². The van der Waals surface area contributed by atoms with Gasteiger partial charge >= 0.3 is 6.18 Å². The summed E-state index contributed by atoms with van der Waals surface area (Å²) in [6, 6.07) is 4.77. The van der Waals surface area contributed by atoms with Crippen LogP contribution in [0.1, 0.15) is 33.3 Å². The van der Waals surface area contributed by atoms with Crippen LogP contribution in [-0.4, -0.2) is 66.5 Å². The van der Waals surface area contributed by atoms with Gasteiger partial charge < -0.3 is 10.2 Å². The smallest absolute Gasteiger partial charge is 0.340 e. The maximum absolute atomic E-state index is 13.9. The van der Waals surface area contributed by atoms with Crippen molar-refractivity contribution in [2.75, 3.05) is 37.8 Å². The van der Waals surface area contributed by atoms with Crippen molar-refractivity contribution in [2.45, 2.75) is 31.0 Å². The third-order valence-electron chi connectivity index (χ3n) is 6.67. The van der Waals surface area contributed by atoms with E-state index in [0.29, 0.717) is 28.2 Å². The molecule has 202 valence electrons. The highest BCUT2D eigenvalue weighted by Crippen LogP contribution is 2.42. The number of halogens is 4. The minimum atomic E-state index is -4.82. The zero-order valence-corrected chi connectivity index (χ0v) is 22.8. The zero-order valence-electron chi connectivity index (χ0n) is 20.4. The number of fused-ring (bicyclic) bond motifs is 2. The van der Waals surface area contributed by atoms with E-state index in [2.05, 4.69) is 27.1 Å². The number of likely N-dealkylation sites (N-methyl/N-ethyl adjacent to an activating group) is 1. The van der Waals surface area contributed by atoms with E-state index in [1.807, 2.05) is 12.1 Å². The van der Waals surface area contributed by atoms with E-state index in [9.17, 15) is 26.4 Å². The second kappa shape index (κ2) is 9.78. The van der Waals surface area contributed by atoms with E-state index in [1.165, 1.54) is 11.9 Å². The number of anilines is 2. The number of carbonyl (C=O) groups is 1. The summed E-state index contributed by atoms with van der Waals surface area (Å²) in [7, 11) is -2.43. The minimum Gasteiger partial charge on any atom is -0.340 e. The Hall–Kier alpha value is -2.74. The number of nitrogens with one attached hydrogen (secondary N) is 1. The molecule has 0 fully saturated rings. The average Bonchev–Trinajstić information content (AvgIpc) is 3.30. The molecule has 0 radical (unpaired) electrons. The van der Waals surface area contributed by atoms with Crippen molar-refractivity contribution < 1.29 is 26.4 Å².